The van der Waals surface area contributed by atoms with Crippen molar-refractivity contribution < 1.29 is 36.6 Å². The predicted molar refractivity (Wildman–Crippen MR) is 138 cm³/mol. The van der Waals surface area contributed by atoms with Crippen LogP contribution in [0, 0.1) is 11.7 Å². The van der Waals surface area contributed by atoms with E-state index in [1.54, 1.807) is 4.90 Å². The molecule has 0 radical (unpaired) electrons. The SMILES string of the molecule is COc1cc(-c2cc(C(=O)N3CC[C@H](C(=O)N[C@H]4CC[C@@](OCCN)(C(F)(F)F)CC4)CC34CC4)n[nH]2)c(F)cn1. The number of hydrogen-bond acceptors (Lipinski definition) is 7. The molecule has 1 saturated heterocycles. The van der Waals surface area contributed by atoms with Crippen LogP contribution in [0.25, 0.3) is 11.3 Å². The van der Waals surface area contributed by atoms with Crippen LogP contribution in [-0.4, -0.2) is 82.1 Å². The molecule has 2 aromatic heterocycles. The molecule has 3 fully saturated rings. The Morgan fingerprint density at radius 2 is 1.93 bits per heavy atom. The first-order valence-corrected chi connectivity index (χ1v) is 13.8. The van der Waals surface area contributed by atoms with Crippen molar-refractivity contribution >= 4 is 11.8 Å². The van der Waals surface area contributed by atoms with Gasteiger partial charge in [-0.05, 0) is 57.4 Å². The average molecular weight is 583 g/mol. The smallest absolute Gasteiger partial charge is 0.417 e. The van der Waals surface area contributed by atoms with E-state index in [4.69, 9.17) is 15.2 Å². The fourth-order valence-corrected chi connectivity index (χ4v) is 6.11. The van der Waals surface area contributed by atoms with Gasteiger partial charge in [-0.1, -0.05) is 0 Å². The summed E-state index contributed by atoms with van der Waals surface area (Å²) in [6, 6.07) is 2.52. The highest BCUT2D eigenvalue weighted by Crippen LogP contribution is 2.51. The zero-order valence-corrected chi connectivity index (χ0v) is 22.7. The fraction of sp³-hybridized carbons (Fsp3) is 0.630. The molecule has 3 heterocycles. The summed E-state index contributed by atoms with van der Waals surface area (Å²) in [7, 11) is 1.41. The molecule has 41 heavy (non-hydrogen) atoms. The maximum atomic E-state index is 14.4. The van der Waals surface area contributed by atoms with Crippen LogP contribution in [-0.2, 0) is 9.53 Å². The number of alkyl halides is 3. The summed E-state index contributed by atoms with van der Waals surface area (Å²) >= 11 is 0. The van der Waals surface area contributed by atoms with Crippen LogP contribution in [0.3, 0.4) is 0 Å². The van der Waals surface area contributed by atoms with E-state index in [1.807, 2.05) is 0 Å². The summed E-state index contributed by atoms with van der Waals surface area (Å²) in [5.41, 5.74) is 3.28. The number of aromatic amines is 1. The molecule has 10 nitrogen and oxygen atoms in total. The Morgan fingerprint density at radius 1 is 1.20 bits per heavy atom. The number of aromatic nitrogens is 3. The summed E-state index contributed by atoms with van der Waals surface area (Å²) in [5.74, 6) is -1.23. The van der Waals surface area contributed by atoms with Crippen molar-refractivity contribution in [3.8, 4) is 17.1 Å². The molecule has 14 heteroatoms. The lowest BCUT2D eigenvalue weighted by molar-refractivity contribution is -0.287. The van der Waals surface area contributed by atoms with Crippen molar-refractivity contribution in [2.24, 2.45) is 11.7 Å². The van der Waals surface area contributed by atoms with Crippen molar-refractivity contribution in [2.75, 3.05) is 26.8 Å². The van der Waals surface area contributed by atoms with Gasteiger partial charge in [0.25, 0.3) is 5.91 Å². The molecule has 4 N–H and O–H groups in total. The van der Waals surface area contributed by atoms with E-state index in [0.717, 1.165) is 19.0 Å². The third-order valence-corrected chi connectivity index (χ3v) is 8.62. The summed E-state index contributed by atoms with van der Waals surface area (Å²) in [6.45, 7) is 0.164. The first kappa shape index (κ1) is 29.2. The van der Waals surface area contributed by atoms with E-state index in [2.05, 4.69) is 20.5 Å². The van der Waals surface area contributed by atoms with Crippen molar-refractivity contribution in [1.29, 1.82) is 0 Å². The lowest BCUT2D eigenvalue weighted by Gasteiger charge is -2.42. The van der Waals surface area contributed by atoms with E-state index in [-0.39, 0.29) is 79.7 Å². The summed E-state index contributed by atoms with van der Waals surface area (Å²) in [6.07, 6.45) is -1.27. The summed E-state index contributed by atoms with van der Waals surface area (Å²) in [5, 5.41) is 9.78. The Morgan fingerprint density at radius 3 is 2.56 bits per heavy atom. The average Bonchev–Trinajstić information content (AvgIpc) is 3.53. The number of hydrogen-bond donors (Lipinski definition) is 3. The van der Waals surface area contributed by atoms with Crippen LogP contribution in [0.15, 0.2) is 18.3 Å². The molecule has 2 saturated carbocycles. The van der Waals surface area contributed by atoms with Crippen molar-refractivity contribution in [2.45, 2.75) is 74.7 Å². The molecule has 0 bridgehead atoms. The minimum Gasteiger partial charge on any atom is -0.481 e. The number of nitrogens with one attached hydrogen (secondary N) is 2. The number of likely N-dealkylation sites (tertiary alicyclic amines) is 1. The van der Waals surface area contributed by atoms with Gasteiger partial charge in [-0.25, -0.2) is 9.37 Å². The van der Waals surface area contributed by atoms with Gasteiger partial charge >= 0.3 is 6.18 Å². The number of nitrogens with zero attached hydrogens (tertiary/aromatic N) is 3. The van der Waals surface area contributed by atoms with Gasteiger partial charge in [-0.3, -0.25) is 14.7 Å². The molecule has 1 atom stereocenters. The van der Waals surface area contributed by atoms with Crippen LogP contribution in [0.2, 0.25) is 0 Å². The molecule has 2 amide bonds. The van der Waals surface area contributed by atoms with Gasteiger partial charge in [0, 0.05) is 42.2 Å². The van der Waals surface area contributed by atoms with E-state index in [1.165, 1.54) is 19.2 Å². The standard InChI is InChI=1S/C27H34F4N6O4/c1-40-22-12-18(19(28)15-33-22)20-13-21(36-35-20)24(39)37-10-4-16(14-25(37)7-8-25)23(38)34-17-2-5-26(6-3-17,27(29,30)31)41-11-9-32/h12-13,15-17H,2-11,14,32H2,1H3,(H,34,38)(H,35,36)/t16-,17-,26-/m0/s1. The summed E-state index contributed by atoms with van der Waals surface area (Å²) < 4.78 is 65.8. The van der Waals surface area contributed by atoms with Crippen LogP contribution < -0.4 is 15.8 Å². The number of carbonyl (C=O) groups excluding carboxylic acids is 2. The van der Waals surface area contributed by atoms with Crippen molar-refractivity contribution in [3.63, 3.8) is 0 Å². The number of rotatable bonds is 8. The molecule has 0 aromatic carbocycles. The van der Waals surface area contributed by atoms with Crippen LogP contribution in [0.1, 0.15) is 61.9 Å². The second kappa shape index (κ2) is 11.2. The molecular weight excluding hydrogens is 548 g/mol. The lowest BCUT2D eigenvalue weighted by atomic mass is 9.80. The number of amides is 2. The van der Waals surface area contributed by atoms with Gasteiger partial charge in [0.1, 0.15) is 0 Å². The van der Waals surface area contributed by atoms with Gasteiger partial charge in [0.05, 0.1) is 25.6 Å². The first-order valence-electron chi connectivity index (χ1n) is 13.8. The van der Waals surface area contributed by atoms with E-state index in [0.29, 0.717) is 25.1 Å². The first-order chi connectivity index (χ1) is 19.5. The van der Waals surface area contributed by atoms with E-state index >= 15 is 0 Å². The number of ether oxygens (including phenoxy) is 2. The highest BCUT2D eigenvalue weighted by molar-refractivity contribution is 5.94. The van der Waals surface area contributed by atoms with Gasteiger partial charge < -0.3 is 25.4 Å². The molecule has 2 aromatic rings. The van der Waals surface area contributed by atoms with Crippen LogP contribution in [0.5, 0.6) is 5.88 Å². The number of methoxy groups -OCH3 is 1. The molecule has 1 aliphatic heterocycles. The number of carbonyl (C=O) groups is 2. The van der Waals surface area contributed by atoms with Crippen molar-refractivity contribution in [1.82, 2.24) is 25.4 Å². The largest absolute Gasteiger partial charge is 0.481 e. The third-order valence-electron chi connectivity index (χ3n) is 8.62. The van der Waals surface area contributed by atoms with E-state index < -0.39 is 23.1 Å². The number of nitrogens with two attached hydrogens (primary N) is 1. The van der Waals surface area contributed by atoms with Gasteiger partial charge in [0.15, 0.2) is 17.1 Å². The van der Waals surface area contributed by atoms with Crippen LogP contribution in [0.4, 0.5) is 17.6 Å². The number of piperidine rings is 1. The number of H-pyrrole nitrogens is 1. The second-order valence-corrected chi connectivity index (χ2v) is 11.2. The van der Waals surface area contributed by atoms with Crippen molar-refractivity contribution in [3.05, 3.63) is 29.8 Å². The molecular formula is C27H34F4N6O4. The van der Waals surface area contributed by atoms with Gasteiger partial charge in [-0.15, -0.1) is 0 Å². The minimum absolute atomic E-state index is 0.000767. The molecule has 3 aliphatic rings. The zero-order valence-electron chi connectivity index (χ0n) is 22.7. The Kier molecular flexibility index (Phi) is 7.99. The Labute approximate surface area is 234 Å². The van der Waals surface area contributed by atoms with Crippen LogP contribution >= 0.6 is 0 Å². The molecule has 5 rings (SSSR count). The second-order valence-electron chi connectivity index (χ2n) is 11.2. The zero-order chi connectivity index (χ0) is 29.4. The Hall–Kier alpha value is -3.26. The maximum Gasteiger partial charge on any atom is 0.417 e. The number of halogens is 4. The Bertz CT molecular complexity index is 1270. The molecule has 224 valence electrons. The fourth-order valence-electron chi connectivity index (χ4n) is 6.11. The highest BCUT2D eigenvalue weighted by Gasteiger charge is 2.58. The normalized spacial score (nSPS) is 25.7. The molecule has 2 aliphatic carbocycles. The predicted octanol–water partition coefficient (Wildman–Crippen LogP) is 3.34. The maximum absolute atomic E-state index is 14.4. The number of pyridine rings is 1. The van der Waals surface area contributed by atoms with Gasteiger partial charge in [0.2, 0.25) is 11.8 Å². The molecule has 1 spiro atoms. The molecule has 0 unspecified atom stereocenters. The topological polar surface area (TPSA) is 135 Å². The Balaban J connectivity index is 1.19. The highest BCUT2D eigenvalue weighted by atomic mass is 19.4. The van der Waals surface area contributed by atoms with E-state index in [9.17, 15) is 27.2 Å². The third kappa shape index (κ3) is 5.76. The monoisotopic (exact) mass is 582 g/mol. The summed E-state index contributed by atoms with van der Waals surface area (Å²) in [4.78, 5) is 32.1. The van der Waals surface area contributed by atoms with Gasteiger partial charge in [-0.2, -0.15) is 18.3 Å². The minimum atomic E-state index is -4.51. The lowest BCUT2D eigenvalue weighted by Crippen LogP contribution is -2.55. The quantitative estimate of drug-likeness (QED) is 0.407.